The summed E-state index contributed by atoms with van der Waals surface area (Å²) in [6.45, 7) is 9.30. The predicted octanol–water partition coefficient (Wildman–Crippen LogP) is 1.19. The molecule has 0 spiro atoms. The van der Waals surface area contributed by atoms with E-state index in [4.69, 9.17) is 5.73 Å². The second kappa shape index (κ2) is 5.02. The molecule has 76 valence electrons. The number of hydrogen-bond acceptors (Lipinski definition) is 2. The van der Waals surface area contributed by atoms with Crippen molar-refractivity contribution >= 4 is 5.91 Å². The van der Waals surface area contributed by atoms with E-state index in [2.05, 4.69) is 11.9 Å². The van der Waals surface area contributed by atoms with E-state index in [0.29, 0.717) is 12.8 Å². The van der Waals surface area contributed by atoms with Crippen molar-refractivity contribution in [3.63, 3.8) is 0 Å². The zero-order valence-corrected chi connectivity index (χ0v) is 8.76. The second-order valence-corrected chi connectivity index (χ2v) is 4.08. The minimum absolute atomic E-state index is 0.0333. The fraction of sp³-hybridized carbons (Fsp3) is 0.700. The summed E-state index contributed by atoms with van der Waals surface area (Å²) in [7, 11) is 0. The summed E-state index contributed by atoms with van der Waals surface area (Å²) in [6, 6.07) is 0.0355. The Hall–Kier alpha value is -0.830. The minimum Gasteiger partial charge on any atom is -0.350 e. The Morgan fingerprint density at radius 1 is 1.69 bits per heavy atom. The van der Waals surface area contributed by atoms with Crippen molar-refractivity contribution in [1.82, 2.24) is 5.32 Å². The molecule has 0 rings (SSSR count). The molecule has 3 N–H and O–H groups in total. The van der Waals surface area contributed by atoms with E-state index in [1.54, 1.807) is 6.08 Å². The molecule has 0 aliphatic heterocycles. The van der Waals surface area contributed by atoms with Gasteiger partial charge in [0.25, 0.3) is 0 Å². The molecule has 0 radical (unpaired) electrons. The van der Waals surface area contributed by atoms with Gasteiger partial charge in [0, 0.05) is 18.0 Å². The van der Waals surface area contributed by atoms with Gasteiger partial charge in [-0.05, 0) is 27.2 Å². The SMILES string of the molecule is C=CC(C)NC(=O)CCC(C)(C)N. The lowest BCUT2D eigenvalue weighted by atomic mass is 10.00. The summed E-state index contributed by atoms with van der Waals surface area (Å²) in [5.74, 6) is 0.0333. The van der Waals surface area contributed by atoms with Gasteiger partial charge in [0.1, 0.15) is 0 Å². The standard InChI is InChI=1S/C10H20N2O/c1-5-8(2)12-9(13)6-7-10(3,4)11/h5,8H,1,6-7,11H2,2-4H3,(H,12,13). The number of hydrogen-bond donors (Lipinski definition) is 2. The lowest BCUT2D eigenvalue weighted by molar-refractivity contribution is -0.121. The summed E-state index contributed by atoms with van der Waals surface area (Å²) in [5, 5.41) is 2.79. The average molecular weight is 184 g/mol. The Morgan fingerprint density at radius 2 is 2.23 bits per heavy atom. The summed E-state index contributed by atoms with van der Waals surface area (Å²) < 4.78 is 0. The van der Waals surface area contributed by atoms with Crippen LogP contribution in [-0.2, 0) is 4.79 Å². The van der Waals surface area contributed by atoms with Crippen molar-refractivity contribution in [2.75, 3.05) is 0 Å². The van der Waals surface area contributed by atoms with Crippen LogP contribution in [-0.4, -0.2) is 17.5 Å². The van der Waals surface area contributed by atoms with Gasteiger partial charge in [0.15, 0.2) is 0 Å². The third-order valence-corrected chi connectivity index (χ3v) is 1.74. The van der Waals surface area contributed by atoms with Crippen LogP contribution in [0.25, 0.3) is 0 Å². The molecule has 1 amide bonds. The first-order valence-corrected chi connectivity index (χ1v) is 4.56. The normalized spacial score (nSPS) is 13.5. The van der Waals surface area contributed by atoms with E-state index >= 15 is 0 Å². The van der Waals surface area contributed by atoms with Gasteiger partial charge >= 0.3 is 0 Å². The summed E-state index contributed by atoms with van der Waals surface area (Å²) in [6.07, 6.45) is 2.87. The minimum atomic E-state index is -0.269. The lowest BCUT2D eigenvalue weighted by Gasteiger charge is -2.18. The highest BCUT2D eigenvalue weighted by atomic mass is 16.1. The van der Waals surface area contributed by atoms with E-state index in [1.165, 1.54) is 0 Å². The van der Waals surface area contributed by atoms with Gasteiger partial charge in [-0.25, -0.2) is 0 Å². The van der Waals surface area contributed by atoms with Gasteiger partial charge in [0.05, 0.1) is 0 Å². The maximum absolute atomic E-state index is 11.2. The number of nitrogens with two attached hydrogens (primary N) is 1. The van der Waals surface area contributed by atoms with Crippen molar-refractivity contribution in [3.05, 3.63) is 12.7 Å². The molecule has 0 bridgehead atoms. The third-order valence-electron chi connectivity index (χ3n) is 1.74. The fourth-order valence-corrected chi connectivity index (χ4v) is 0.821. The Kier molecular flexibility index (Phi) is 4.70. The third kappa shape index (κ3) is 7.53. The van der Waals surface area contributed by atoms with Crippen LogP contribution in [0.15, 0.2) is 12.7 Å². The van der Waals surface area contributed by atoms with Crippen molar-refractivity contribution in [3.8, 4) is 0 Å². The molecule has 0 aromatic rings. The highest BCUT2D eigenvalue weighted by Crippen LogP contribution is 2.06. The molecule has 1 atom stereocenters. The van der Waals surface area contributed by atoms with Crippen LogP contribution < -0.4 is 11.1 Å². The highest BCUT2D eigenvalue weighted by molar-refractivity contribution is 5.76. The van der Waals surface area contributed by atoms with Gasteiger partial charge in [0.2, 0.25) is 5.91 Å². The van der Waals surface area contributed by atoms with Crippen molar-refractivity contribution in [2.24, 2.45) is 5.73 Å². The molecular weight excluding hydrogens is 164 g/mol. The second-order valence-electron chi connectivity index (χ2n) is 4.08. The quantitative estimate of drug-likeness (QED) is 0.631. The topological polar surface area (TPSA) is 55.1 Å². The lowest BCUT2D eigenvalue weighted by Crippen LogP contribution is -2.36. The Morgan fingerprint density at radius 3 is 2.62 bits per heavy atom. The molecule has 3 nitrogen and oxygen atoms in total. The fourth-order valence-electron chi connectivity index (χ4n) is 0.821. The molecule has 0 aromatic heterocycles. The zero-order valence-electron chi connectivity index (χ0n) is 8.76. The van der Waals surface area contributed by atoms with Crippen molar-refractivity contribution in [1.29, 1.82) is 0 Å². The van der Waals surface area contributed by atoms with E-state index in [9.17, 15) is 4.79 Å². The first-order valence-electron chi connectivity index (χ1n) is 4.56. The Balaban J connectivity index is 3.70. The van der Waals surface area contributed by atoms with Crippen LogP contribution in [0, 0.1) is 0 Å². The van der Waals surface area contributed by atoms with E-state index < -0.39 is 0 Å². The summed E-state index contributed by atoms with van der Waals surface area (Å²) >= 11 is 0. The number of carbonyl (C=O) groups is 1. The van der Waals surface area contributed by atoms with Crippen LogP contribution in [0.3, 0.4) is 0 Å². The van der Waals surface area contributed by atoms with Crippen LogP contribution in [0.1, 0.15) is 33.6 Å². The van der Waals surface area contributed by atoms with E-state index in [0.717, 1.165) is 0 Å². The zero-order chi connectivity index (χ0) is 10.5. The van der Waals surface area contributed by atoms with Gasteiger partial charge in [-0.2, -0.15) is 0 Å². The number of carbonyl (C=O) groups excluding carboxylic acids is 1. The molecule has 3 heteroatoms. The van der Waals surface area contributed by atoms with Gasteiger partial charge in [-0.1, -0.05) is 6.08 Å². The molecule has 0 aliphatic carbocycles. The van der Waals surface area contributed by atoms with E-state index in [-0.39, 0.29) is 17.5 Å². The molecule has 0 aliphatic rings. The van der Waals surface area contributed by atoms with Gasteiger partial charge in [-0.15, -0.1) is 6.58 Å². The first kappa shape index (κ1) is 12.2. The molecular formula is C10H20N2O. The highest BCUT2D eigenvalue weighted by Gasteiger charge is 2.13. The maximum atomic E-state index is 11.2. The first-order chi connectivity index (χ1) is 5.85. The molecule has 13 heavy (non-hydrogen) atoms. The molecule has 0 aromatic carbocycles. The summed E-state index contributed by atoms with van der Waals surface area (Å²) in [5.41, 5.74) is 5.48. The van der Waals surface area contributed by atoms with Crippen LogP contribution >= 0.6 is 0 Å². The number of rotatable bonds is 5. The Labute approximate surface area is 80.4 Å². The molecule has 0 saturated carbocycles. The largest absolute Gasteiger partial charge is 0.350 e. The van der Waals surface area contributed by atoms with Crippen molar-refractivity contribution < 1.29 is 4.79 Å². The maximum Gasteiger partial charge on any atom is 0.220 e. The smallest absolute Gasteiger partial charge is 0.220 e. The molecule has 1 unspecified atom stereocenters. The van der Waals surface area contributed by atoms with Crippen molar-refractivity contribution in [2.45, 2.75) is 45.2 Å². The van der Waals surface area contributed by atoms with Crippen LogP contribution in [0.4, 0.5) is 0 Å². The molecule has 0 fully saturated rings. The van der Waals surface area contributed by atoms with Gasteiger partial charge in [-0.3, -0.25) is 4.79 Å². The average Bonchev–Trinajstić information content (AvgIpc) is 1.99. The number of amides is 1. The predicted molar refractivity (Wildman–Crippen MR) is 55.3 cm³/mol. The van der Waals surface area contributed by atoms with Crippen LogP contribution in [0.2, 0.25) is 0 Å². The van der Waals surface area contributed by atoms with Crippen LogP contribution in [0.5, 0.6) is 0 Å². The number of nitrogens with one attached hydrogen (secondary N) is 1. The monoisotopic (exact) mass is 184 g/mol. The molecule has 0 heterocycles. The van der Waals surface area contributed by atoms with E-state index in [1.807, 2.05) is 20.8 Å². The Bertz CT molecular complexity index is 182. The summed E-state index contributed by atoms with van der Waals surface area (Å²) in [4.78, 5) is 11.2. The molecule has 0 saturated heterocycles. The van der Waals surface area contributed by atoms with Gasteiger partial charge < -0.3 is 11.1 Å².